The van der Waals surface area contributed by atoms with Gasteiger partial charge in [0, 0.05) is 4.47 Å². The van der Waals surface area contributed by atoms with Gasteiger partial charge in [0.25, 0.3) is 0 Å². The first-order valence-corrected chi connectivity index (χ1v) is 6.49. The number of benzene rings is 1. The maximum absolute atomic E-state index is 13.3. The van der Waals surface area contributed by atoms with Crippen LogP contribution in [0.3, 0.4) is 0 Å². The summed E-state index contributed by atoms with van der Waals surface area (Å²) in [6, 6.07) is 5.05. The summed E-state index contributed by atoms with van der Waals surface area (Å²) in [5, 5.41) is 0. The molecule has 90 valence electrons. The lowest BCUT2D eigenvalue weighted by atomic mass is 9.77. The summed E-state index contributed by atoms with van der Waals surface area (Å²) < 4.78 is 14.0. The third-order valence-corrected chi connectivity index (χ3v) is 3.89. The predicted octanol–water partition coefficient (Wildman–Crippen LogP) is 3.90. The van der Waals surface area contributed by atoms with Crippen LogP contribution < -0.4 is 5.73 Å². The van der Waals surface area contributed by atoms with E-state index in [2.05, 4.69) is 29.8 Å². The smallest absolute Gasteiger partial charge is 0.124 e. The van der Waals surface area contributed by atoms with E-state index in [-0.39, 0.29) is 11.2 Å². The molecule has 0 heterocycles. The molecule has 1 aromatic rings. The van der Waals surface area contributed by atoms with Crippen LogP contribution in [-0.4, -0.2) is 6.54 Å². The molecule has 0 bridgehead atoms. The standard InChI is InChI=1S/C13H19BrFN/c1-3-13(4-2,9-16)8-10-5-11(14)7-12(15)6-10/h5-7H,3-4,8-9,16H2,1-2H3. The Morgan fingerprint density at radius 2 is 1.88 bits per heavy atom. The van der Waals surface area contributed by atoms with E-state index in [0.717, 1.165) is 29.3 Å². The van der Waals surface area contributed by atoms with Gasteiger partial charge in [0.2, 0.25) is 0 Å². The van der Waals surface area contributed by atoms with E-state index in [1.165, 1.54) is 6.07 Å². The van der Waals surface area contributed by atoms with Crippen LogP contribution in [0.25, 0.3) is 0 Å². The van der Waals surface area contributed by atoms with Crippen LogP contribution >= 0.6 is 15.9 Å². The minimum absolute atomic E-state index is 0.104. The van der Waals surface area contributed by atoms with E-state index >= 15 is 0 Å². The molecule has 0 aliphatic carbocycles. The largest absolute Gasteiger partial charge is 0.330 e. The molecule has 0 unspecified atom stereocenters. The SMILES string of the molecule is CCC(CC)(CN)Cc1cc(F)cc(Br)c1. The first-order chi connectivity index (χ1) is 7.55. The van der Waals surface area contributed by atoms with Crippen molar-refractivity contribution in [1.29, 1.82) is 0 Å². The van der Waals surface area contributed by atoms with Gasteiger partial charge in [0.05, 0.1) is 0 Å². The van der Waals surface area contributed by atoms with Crippen molar-refractivity contribution in [3.05, 3.63) is 34.1 Å². The lowest BCUT2D eigenvalue weighted by molar-refractivity contribution is 0.271. The summed E-state index contributed by atoms with van der Waals surface area (Å²) in [5.74, 6) is -0.192. The van der Waals surface area contributed by atoms with Gasteiger partial charge in [-0.05, 0) is 55.0 Å². The van der Waals surface area contributed by atoms with E-state index < -0.39 is 0 Å². The van der Waals surface area contributed by atoms with Crippen molar-refractivity contribution >= 4 is 15.9 Å². The Morgan fingerprint density at radius 1 is 1.25 bits per heavy atom. The molecule has 0 radical (unpaired) electrons. The normalized spacial score (nSPS) is 11.8. The summed E-state index contributed by atoms with van der Waals surface area (Å²) in [6.45, 7) is 4.93. The number of hydrogen-bond acceptors (Lipinski definition) is 1. The summed E-state index contributed by atoms with van der Waals surface area (Å²) in [6.07, 6.45) is 2.88. The molecule has 3 heteroatoms. The van der Waals surface area contributed by atoms with E-state index in [9.17, 15) is 4.39 Å². The van der Waals surface area contributed by atoms with Crippen LogP contribution in [0, 0.1) is 11.2 Å². The second-order valence-electron chi connectivity index (χ2n) is 4.37. The Bertz CT molecular complexity index is 319. The monoisotopic (exact) mass is 287 g/mol. The van der Waals surface area contributed by atoms with Gasteiger partial charge in [-0.1, -0.05) is 29.8 Å². The van der Waals surface area contributed by atoms with Crippen LogP contribution in [-0.2, 0) is 6.42 Å². The van der Waals surface area contributed by atoms with E-state index in [4.69, 9.17) is 5.73 Å². The average molecular weight is 288 g/mol. The van der Waals surface area contributed by atoms with Crippen molar-refractivity contribution in [3.63, 3.8) is 0 Å². The minimum Gasteiger partial charge on any atom is -0.330 e. The van der Waals surface area contributed by atoms with Gasteiger partial charge in [-0.25, -0.2) is 4.39 Å². The highest BCUT2D eigenvalue weighted by molar-refractivity contribution is 9.10. The van der Waals surface area contributed by atoms with Crippen molar-refractivity contribution in [2.75, 3.05) is 6.54 Å². The highest BCUT2D eigenvalue weighted by Gasteiger charge is 2.24. The molecule has 1 rings (SSSR count). The van der Waals surface area contributed by atoms with Crippen LogP contribution in [0.2, 0.25) is 0 Å². The molecule has 16 heavy (non-hydrogen) atoms. The zero-order valence-electron chi connectivity index (χ0n) is 9.89. The fraction of sp³-hybridized carbons (Fsp3) is 0.538. The first-order valence-electron chi connectivity index (χ1n) is 5.70. The topological polar surface area (TPSA) is 26.0 Å². The Balaban J connectivity index is 2.93. The van der Waals surface area contributed by atoms with Crippen LogP contribution in [0.5, 0.6) is 0 Å². The third-order valence-electron chi connectivity index (χ3n) is 3.43. The van der Waals surface area contributed by atoms with Gasteiger partial charge < -0.3 is 5.73 Å². The number of rotatable bonds is 5. The molecule has 0 saturated heterocycles. The molecule has 0 spiro atoms. The lowest BCUT2D eigenvalue weighted by Crippen LogP contribution is -2.31. The Kier molecular flexibility index (Phi) is 4.93. The summed E-state index contributed by atoms with van der Waals surface area (Å²) in [5.41, 5.74) is 6.97. The number of nitrogens with two attached hydrogens (primary N) is 1. The van der Waals surface area contributed by atoms with Gasteiger partial charge in [-0.2, -0.15) is 0 Å². The van der Waals surface area contributed by atoms with Crippen molar-refractivity contribution < 1.29 is 4.39 Å². The van der Waals surface area contributed by atoms with Gasteiger partial charge in [0.15, 0.2) is 0 Å². The van der Waals surface area contributed by atoms with E-state index in [1.54, 1.807) is 6.07 Å². The molecule has 0 amide bonds. The molecule has 0 aliphatic heterocycles. The number of halogens is 2. The molecule has 1 nitrogen and oxygen atoms in total. The van der Waals surface area contributed by atoms with Crippen molar-refractivity contribution in [1.82, 2.24) is 0 Å². The van der Waals surface area contributed by atoms with E-state index in [0.29, 0.717) is 6.54 Å². The van der Waals surface area contributed by atoms with E-state index in [1.807, 2.05) is 6.07 Å². The highest BCUT2D eigenvalue weighted by Crippen LogP contribution is 2.30. The maximum atomic E-state index is 13.3. The molecular weight excluding hydrogens is 269 g/mol. The van der Waals surface area contributed by atoms with Gasteiger partial charge in [-0.3, -0.25) is 0 Å². The zero-order valence-corrected chi connectivity index (χ0v) is 11.5. The zero-order chi connectivity index (χ0) is 12.2. The fourth-order valence-corrected chi connectivity index (χ4v) is 2.52. The summed E-state index contributed by atoms with van der Waals surface area (Å²) in [4.78, 5) is 0. The van der Waals surface area contributed by atoms with Gasteiger partial charge in [0.1, 0.15) is 5.82 Å². The molecule has 0 saturated carbocycles. The fourth-order valence-electron chi connectivity index (χ4n) is 2.01. The van der Waals surface area contributed by atoms with Crippen LogP contribution in [0.15, 0.2) is 22.7 Å². The van der Waals surface area contributed by atoms with Crippen molar-refractivity contribution in [2.24, 2.45) is 11.1 Å². The van der Waals surface area contributed by atoms with Crippen LogP contribution in [0.1, 0.15) is 32.3 Å². The Hall–Kier alpha value is -0.410. The molecule has 2 N–H and O–H groups in total. The second-order valence-corrected chi connectivity index (χ2v) is 5.28. The minimum atomic E-state index is -0.192. The molecule has 0 fully saturated rings. The van der Waals surface area contributed by atoms with Gasteiger partial charge >= 0.3 is 0 Å². The highest BCUT2D eigenvalue weighted by atomic mass is 79.9. The van der Waals surface area contributed by atoms with Crippen molar-refractivity contribution in [3.8, 4) is 0 Å². The Morgan fingerprint density at radius 3 is 2.31 bits per heavy atom. The third kappa shape index (κ3) is 3.29. The predicted molar refractivity (Wildman–Crippen MR) is 69.9 cm³/mol. The summed E-state index contributed by atoms with van der Waals surface area (Å²) >= 11 is 3.32. The van der Waals surface area contributed by atoms with Crippen LogP contribution in [0.4, 0.5) is 4.39 Å². The van der Waals surface area contributed by atoms with Gasteiger partial charge in [-0.15, -0.1) is 0 Å². The second kappa shape index (κ2) is 5.78. The average Bonchev–Trinajstić information content (AvgIpc) is 2.25. The first kappa shape index (κ1) is 13.7. The molecular formula is C13H19BrFN. The summed E-state index contributed by atoms with van der Waals surface area (Å²) in [7, 11) is 0. The molecule has 0 aliphatic rings. The molecule has 0 atom stereocenters. The Labute approximate surface area is 105 Å². The van der Waals surface area contributed by atoms with Crippen molar-refractivity contribution in [2.45, 2.75) is 33.1 Å². The molecule has 0 aromatic heterocycles. The number of hydrogen-bond donors (Lipinski definition) is 1. The maximum Gasteiger partial charge on any atom is 0.124 e. The lowest BCUT2D eigenvalue weighted by Gasteiger charge is -2.30. The quantitative estimate of drug-likeness (QED) is 0.873. The molecule has 1 aromatic carbocycles.